The Labute approximate surface area is 224 Å². The molecule has 0 fully saturated rings. The number of fused-ring (bicyclic) bond motifs is 1. The first-order valence-electron chi connectivity index (χ1n) is 12.4. The van der Waals surface area contributed by atoms with E-state index in [9.17, 15) is 18.0 Å². The highest BCUT2D eigenvalue weighted by atomic mass is 35.5. The number of benzene rings is 3. The monoisotopic (exact) mass is 543 g/mol. The first-order chi connectivity index (χ1) is 17.6. The van der Waals surface area contributed by atoms with Gasteiger partial charge in [-0.05, 0) is 60.4 Å². The van der Waals surface area contributed by atoms with Crippen LogP contribution in [-0.4, -0.2) is 55.1 Å². The fourth-order valence-corrected chi connectivity index (χ4v) is 5.30. The Kier molecular flexibility index (Phi) is 9.70. The van der Waals surface area contributed by atoms with Crippen molar-refractivity contribution < 1.29 is 18.0 Å². The van der Waals surface area contributed by atoms with E-state index in [2.05, 4.69) is 5.32 Å². The van der Waals surface area contributed by atoms with Gasteiger partial charge in [0.05, 0.1) is 11.4 Å². The van der Waals surface area contributed by atoms with Crippen molar-refractivity contribution in [3.63, 3.8) is 0 Å². The van der Waals surface area contributed by atoms with Gasteiger partial charge >= 0.3 is 0 Å². The van der Waals surface area contributed by atoms with Crippen LogP contribution >= 0.6 is 11.6 Å². The molecule has 2 atom stereocenters. The summed E-state index contributed by atoms with van der Waals surface area (Å²) in [6.45, 7) is 5.44. The highest BCUT2D eigenvalue weighted by Gasteiger charge is 2.32. The lowest BCUT2D eigenvalue weighted by Gasteiger charge is -2.32. The van der Waals surface area contributed by atoms with E-state index in [4.69, 9.17) is 11.6 Å². The van der Waals surface area contributed by atoms with E-state index in [0.717, 1.165) is 27.1 Å². The second-order valence-corrected chi connectivity index (χ2v) is 11.6. The summed E-state index contributed by atoms with van der Waals surface area (Å²) in [4.78, 5) is 28.2. The van der Waals surface area contributed by atoms with Crippen LogP contribution in [0.15, 0.2) is 71.6 Å². The predicted molar refractivity (Wildman–Crippen MR) is 148 cm³/mol. The zero-order valence-corrected chi connectivity index (χ0v) is 23.2. The summed E-state index contributed by atoms with van der Waals surface area (Å²) in [5.41, 5.74) is 0.785. The van der Waals surface area contributed by atoms with Gasteiger partial charge in [0.25, 0.3) is 0 Å². The molecular formula is C28H34ClN3O4S. The molecule has 0 aliphatic heterocycles. The Morgan fingerprint density at radius 2 is 1.59 bits per heavy atom. The topological polar surface area (TPSA) is 86.8 Å². The summed E-state index contributed by atoms with van der Waals surface area (Å²) in [5, 5.41) is 5.23. The van der Waals surface area contributed by atoms with E-state index in [-0.39, 0.29) is 23.4 Å². The summed E-state index contributed by atoms with van der Waals surface area (Å²) in [6.07, 6.45) is 1.13. The molecule has 0 bridgehead atoms. The number of carbonyl (C=O) groups excluding carboxylic acids is 2. The van der Waals surface area contributed by atoms with E-state index in [0.29, 0.717) is 11.4 Å². The molecule has 7 nitrogen and oxygen atoms in total. The van der Waals surface area contributed by atoms with Crippen LogP contribution in [-0.2, 0) is 26.2 Å². The van der Waals surface area contributed by atoms with Crippen LogP contribution < -0.4 is 5.32 Å². The van der Waals surface area contributed by atoms with Gasteiger partial charge in [-0.15, -0.1) is 0 Å². The molecule has 37 heavy (non-hydrogen) atoms. The molecule has 198 valence electrons. The van der Waals surface area contributed by atoms with Crippen molar-refractivity contribution in [1.82, 2.24) is 14.5 Å². The molecule has 3 aromatic rings. The number of amides is 2. The van der Waals surface area contributed by atoms with Crippen LogP contribution in [0.1, 0.15) is 39.2 Å². The van der Waals surface area contributed by atoms with Gasteiger partial charge in [0.1, 0.15) is 6.04 Å². The number of carbonyl (C=O) groups is 2. The number of likely N-dealkylation sites (N-methyl/N-ethyl adjacent to an activating group) is 1. The lowest BCUT2D eigenvalue weighted by molar-refractivity contribution is -0.141. The standard InChI is InChI=1S/C28H34ClN3O4S/c1-5-20(3)30-28(34)26(6-2)32(18-21-11-14-24(29)15-12-21)27(33)19-31(4)37(35,36)25-16-13-22-9-7-8-10-23(22)17-25/h7-17,20,26H,5-6,18-19H2,1-4H3,(H,30,34)/t20-,26-/m0/s1. The van der Waals surface area contributed by atoms with Gasteiger partial charge in [-0.1, -0.05) is 67.9 Å². The summed E-state index contributed by atoms with van der Waals surface area (Å²) in [5.74, 6) is -0.729. The largest absolute Gasteiger partial charge is 0.352 e. The lowest BCUT2D eigenvalue weighted by atomic mass is 10.1. The average Bonchev–Trinajstić information content (AvgIpc) is 2.89. The molecular weight excluding hydrogens is 510 g/mol. The van der Waals surface area contributed by atoms with E-state index < -0.39 is 28.5 Å². The summed E-state index contributed by atoms with van der Waals surface area (Å²) >= 11 is 6.02. The lowest BCUT2D eigenvalue weighted by Crippen LogP contribution is -2.53. The fraction of sp³-hybridized carbons (Fsp3) is 0.357. The van der Waals surface area contributed by atoms with Gasteiger partial charge in [-0.25, -0.2) is 8.42 Å². The molecule has 0 aliphatic carbocycles. The molecule has 0 aliphatic rings. The maximum absolute atomic E-state index is 13.6. The normalized spacial score (nSPS) is 13.4. The molecule has 0 saturated carbocycles. The third-order valence-electron chi connectivity index (χ3n) is 6.44. The van der Waals surface area contributed by atoms with E-state index in [1.165, 1.54) is 11.9 Å². The second-order valence-electron chi connectivity index (χ2n) is 9.16. The maximum Gasteiger partial charge on any atom is 0.243 e. The quantitative estimate of drug-likeness (QED) is 0.375. The van der Waals surface area contributed by atoms with Crippen molar-refractivity contribution >= 4 is 44.2 Å². The van der Waals surface area contributed by atoms with E-state index >= 15 is 0 Å². The zero-order chi connectivity index (χ0) is 27.2. The first kappa shape index (κ1) is 28.6. The molecule has 3 rings (SSSR count). The molecule has 0 spiro atoms. The second kappa shape index (κ2) is 12.5. The third kappa shape index (κ3) is 7.09. The zero-order valence-electron chi connectivity index (χ0n) is 21.6. The van der Waals surface area contributed by atoms with Gasteiger partial charge in [0, 0.05) is 24.7 Å². The van der Waals surface area contributed by atoms with Crippen molar-refractivity contribution in [2.45, 2.75) is 57.1 Å². The number of nitrogens with zero attached hydrogens (tertiary/aromatic N) is 2. The molecule has 0 radical (unpaired) electrons. The molecule has 0 heterocycles. The van der Waals surface area contributed by atoms with Crippen LogP contribution in [0.2, 0.25) is 5.02 Å². The van der Waals surface area contributed by atoms with E-state index in [1.54, 1.807) is 42.5 Å². The van der Waals surface area contributed by atoms with Crippen LogP contribution in [0.3, 0.4) is 0 Å². The van der Waals surface area contributed by atoms with Crippen LogP contribution in [0.4, 0.5) is 0 Å². The molecule has 1 N–H and O–H groups in total. The first-order valence-corrected chi connectivity index (χ1v) is 14.2. The maximum atomic E-state index is 13.6. The Balaban J connectivity index is 1.88. The minimum Gasteiger partial charge on any atom is -0.352 e. The van der Waals surface area contributed by atoms with Gasteiger partial charge in [0.15, 0.2) is 0 Å². The van der Waals surface area contributed by atoms with Crippen molar-refractivity contribution in [3.8, 4) is 0 Å². The fourth-order valence-electron chi connectivity index (χ4n) is 4.02. The number of hydrogen-bond donors (Lipinski definition) is 1. The Bertz CT molecular complexity index is 1350. The number of hydrogen-bond acceptors (Lipinski definition) is 4. The summed E-state index contributed by atoms with van der Waals surface area (Å²) in [7, 11) is -2.57. The molecule has 2 amide bonds. The minimum atomic E-state index is -3.95. The number of rotatable bonds is 11. The van der Waals surface area contributed by atoms with Gasteiger partial charge in [-0.3, -0.25) is 9.59 Å². The SMILES string of the molecule is CC[C@H](C)NC(=O)[C@H](CC)N(Cc1ccc(Cl)cc1)C(=O)CN(C)S(=O)(=O)c1ccc2ccccc2c1. The smallest absolute Gasteiger partial charge is 0.243 e. The van der Waals surface area contributed by atoms with E-state index in [1.807, 2.05) is 45.0 Å². The summed E-state index contributed by atoms with van der Waals surface area (Å²) in [6, 6.07) is 18.6. The number of halogens is 1. The molecule has 3 aromatic carbocycles. The van der Waals surface area contributed by atoms with Gasteiger partial charge < -0.3 is 10.2 Å². The highest BCUT2D eigenvalue weighted by Crippen LogP contribution is 2.22. The number of nitrogens with one attached hydrogen (secondary N) is 1. The molecule has 9 heteroatoms. The Hall–Kier alpha value is -2.94. The molecule has 0 unspecified atom stereocenters. The van der Waals surface area contributed by atoms with Crippen molar-refractivity contribution in [2.24, 2.45) is 0 Å². The highest BCUT2D eigenvalue weighted by molar-refractivity contribution is 7.89. The average molecular weight is 544 g/mol. The molecule has 0 aromatic heterocycles. The minimum absolute atomic E-state index is 0.0509. The Morgan fingerprint density at radius 1 is 0.946 bits per heavy atom. The van der Waals surface area contributed by atoms with Gasteiger partial charge in [0.2, 0.25) is 21.8 Å². The Morgan fingerprint density at radius 3 is 2.22 bits per heavy atom. The number of sulfonamides is 1. The van der Waals surface area contributed by atoms with Crippen LogP contribution in [0.25, 0.3) is 10.8 Å². The van der Waals surface area contributed by atoms with Crippen molar-refractivity contribution in [1.29, 1.82) is 0 Å². The van der Waals surface area contributed by atoms with Crippen LogP contribution in [0, 0.1) is 0 Å². The third-order valence-corrected chi connectivity index (χ3v) is 8.49. The van der Waals surface area contributed by atoms with Crippen LogP contribution in [0.5, 0.6) is 0 Å². The van der Waals surface area contributed by atoms with Gasteiger partial charge in [-0.2, -0.15) is 4.31 Å². The predicted octanol–water partition coefficient (Wildman–Crippen LogP) is 4.84. The molecule has 0 saturated heterocycles. The summed E-state index contributed by atoms with van der Waals surface area (Å²) < 4.78 is 27.7. The van der Waals surface area contributed by atoms with Crippen molar-refractivity contribution in [2.75, 3.05) is 13.6 Å². The van der Waals surface area contributed by atoms with Crippen molar-refractivity contribution in [3.05, 3.63) is 77.3 Å².